The van der Waals surface area contributed by atoms with Crippen molar-refractivity contribution in [2.75, 3.05) is 19.8 Å². The molecule has 43 heavy (non-hydrogen) atoms. The largest absolute Gasteiger partial charge is 0.469 e. The Labute approximate surface area is 266 Å². The molecule has 2 N–H and O–H groups in total. The summed E-state index contributed by atoms with van der Waals surface area (Å²) >= 11 is 0. The lowest BCUT2D eigenvalue weighted by molar-refractivity contribution is -0.150. The molecule has 0 saturated heterocycles. The molecule has 0 radical (unpaired) electrons. The molecule has 0 aromatic rings. The lowest BCUT2D eigenvalue weighted by Crippen LogP contribution is -2.60. The van der Waals surface area contributed by atoms with E-state index in [4.69, 9.17) is 32.0 Å². The number of carbonyl (C=O) groups is 2. The Kier molecular flexibility index (Phi) is 16.8. The number of aliphatic hydroxyl groups is 2. The van der Waals surface area contributed by atoms with Crippen LogP contribution in [0.5, 0.6) is 0 Å². The molecule has 0 aliphatic heterocycles. The fourth-order valence-corrected chi connectivity index (χ4v) is 20.3. The Balaban J connectivity index is 0.000000781. The van der Waals surface area contributed by atoms with E-state index in [2.05, 4.69) is 92.9 Å². The molecule has 0 heterocycles. The normalized spacial score (nSPS) is 22.8. The zero-order chi connectivity index (χ0) is 33.9. The van der Waals surface area contributed by atoms with Crippen LogP contribution in [0.4, 0.5) is 0 Å². The lowest BCUT2D eigenvalue weighted by Gasteiger charge is -2.42. The van der Waals surface area contributed by atoms with Gasteiger partial charge in [-0.25, -0.2) is 9.59 Å². The van der Waals surface area contributed by atoms with Crippen LogP contribution in [0.1, 0.15) is 46.5 Å². The third kappa shape index (κ3) is 14.8. The number of esters is 2. The Bertz CT molecular complexity index is 864. The molecule has 3 unspecified atom stereocenters. The third-order valence-corrected chi connectivity index (χ3v) is 19.7. The molecule has 3 atom stereocenters. The van der Waals surface area contributed by atoms with Crippen LogP contribution in [0.2, 0.25) is 65.0 Å². The van der Waals surface area contributed by atoms with Crippen LogP contribution in [0, 0.1) is 16.7 Å². The summed E-state index contributed by atoms with van der Waals surface area (Å²) in [7, 11) is -8.36. The van der Waals surface area contributed by atoms with Crippen molar-refractivity contribution in [3.05, 3.63) is 25.3 Å². The predicted octanol–water partition coefficient (Wildman–Crippen LogP) is 6.50. The lowest BCUT2D eigenvalue weighted by atomic mass is 9.70. The molecule has 0 aromatic carbocycles. The van der Waals surface area contributed by atoms with E-state index in [0.717, 1.165) is 6.42 Å². The highest BCUT2D eigenvalue weighted by atomic mass is 28.5. The first-order valence-corrected chi connectivity index (χ1v) is 27.5. The fraction of sp³-hybridized carbons (Fsp3) is 0.800. The minimum atomic E-state index is -2.82. The van der Waals surface area contributed by atoms with E-state index >= 15 is 0 Å². The summed E-state index contributed by atoms with van der Waals surface area (Å²) in [4.78, 5) is 22.5. The smallest absolute Gasteiger partial charge is 0.463 e. The van der Waals surface area contributed by atoms with Gasteiger partial charge >= 0.3 is 20.7 Å². The van der Waals surface area contributed by atoms with Crippen molar-refractivity contribution in [1.82, 2.24) is 0 Å². The van der Waals surface area contributed by atoms with E-state index in [1.54, 1.807) is 0 Å². The molecule has 2 saturated carbocycles. The molecule has 2 aliphatic rings. The van der Waals surface area contributed by atoms with Gasteiger partial charge in [0.25, 0.3) is 0 Å². The molecule has 0 spiro atoms. The van der Waals surface area contributed by atoms with Crippen molar-refractivity contribution in [3.8, 4) is 0 Å². The number of aliphatic hydroxyl groups excluding tert-OH is 2. The van der Waals surface area contributed by atoms with Gasteiger partial charge in [0, 0.05) is 23.6 Å². The third-order valence-electron chi connectivity index (χ3n) is 7.66. The second kappa shape index (κ2) is 17.1. The summed E-state index contributed by atoms with van der Waals surface area (Å²) in [6, 6.07) is 0.677. The summed E-state index contributed by atoms with van der Waals surface area (Å²) < 4.78 is 30.2. The van der Waals surface area contributed by atoms with E-state index in [0.29, 0.717) is 30.4 Å². The Hall–Kier alpha value is -0.912. The first-order valence-electron chi connectivity index (χ1n) is 15.4. The number of carbonyl (C=O) groups excluding carboxylic acids is 2. The van der Waals surface area contributed by atoms with E-state index in [9.17, 15) is 9.59 Å². The fourth-order valence-electron chi connectivity index (χ4n) is 5.63. The monoisotopic (exact) mass is 678 g/mol. The van der Waals surface area contributed by atoms with Crippen LogP contribution >= 0.6 is 0 Å². The average molecular weight is 679 g/mol. The molecule has 252 valence electrons. The molecule has 2 fully saturated rings. The molecule has 9 nitrogen and oxygen atoms in total. The topological polar surface area (TPSA) is 121 Å². The maximum atomic E-state index is 11.3. The van der Waals surface area contributed by atoms with Crippen molar-refractivity contribution in [1.29, 1.82) is 0 Å². The van der Waals surface area contributed by atoms with Crippen molar-refractivity contribution < 1.29 is 41.6 Å². The van der Waals surface area contributed by atoms with Crippen LogP contribution in [0.25, 0.3) is 0 Å². The second-order valence-electron chi connectivity index (χ2n) is 15.0. The van der Waals surface area contributed by atoms with Gasteiger partial charge in [-0.15, -0.1) is 0 Å². The Morgan fingerprint density at radius 2 is 1.26 bits per heavy atom. The molecule has 2 aliphatic carbocycles. The minimum absolute atomic E-state index is 0.0942. The van der Waals surface area contributed by atoms with Gasteiger partial charge in [0.05, 0.1) is 19.8 Å². The average Bonchev–Trinajstić information content (AvgIpc) is 3.17. The van der Waals surface area contributed by atoms with Crippen molar-refractivity contribution in [3.63, 3.8) is 0 Å². The highest BCUT2D eigenvalue weighted by molar-refractivity contribution is 6.90. The number of hydrogen-bond acceptors (Lipinski definition) is 9. The van der Waals surface area contributed by atoms with Crippen LogP contribution in [-0.4, -0.2) is 81.8 Å². The van der Waals surface area contributed by atoms with Gasteiger partial charge in [-0.1, -0.05) is 33.9 Å². The van der Waals surface area contributed by atoms with Crippen molar-refractivity contribution in [2.24, 2.45) is 16.7 Å². The maximum absolute atomic E-state index is 11.3. The van der Waals surface area contributed by atoms with Crippen LogP contribution < -0.4 is 0 Å². The van der Waals surface area contributed by atoms with Crippen molar-refractivity contribution >= 4 is 45.7 Å². The number of fused-ring (bicyclic) bond motifs is 2. The molecule has 13 heteroatoms. The number of rotatable bonds is 14. The Morgan fingerprint density at radius 3 is 1.56 bits per heavy atom. The second-order valence-corrected chi connectivity index (χ2v) is 32.0. The quantitative estimate of drug-likeness (QED) is 0.0918. The summed E-state index contributed by atoms with van der Waals surface area (Å²) in [5, 5.41) is 15.2. The maximum Gasteiger partial charge on any atom is 0.469 e. The summed E-state index contributed by atoms with van der Waals surface area (Å²) in [5.41, 5.74) is 0.468. The van der Waals surface area contributed by atoms with E-state index < -0.39 is 39.7 Å². The molecule has 0 amide bonds. The first-order chi connectivity index (χ1) is 19.4. The Morgan fingerprint density at radius 1 is 0.814 bits per heavy atom. The highest BCUT2D eigenvalue weighted by Gasteiger charge is 2.62. The van der Waals surface area contributed by atoms with Crippen LogP contribution in [0.15, 0.2) is 25.3 Å². The molecule has 2 bridgehead atoms. The number of hydrogen-bond donors (Lipinski definition) is 2. The zero-order valence-electron chi connectivity index (χ0n) is 29.1. The van der Waals surface area contributed by atoms with E-state index in [1.165, 1.54) is 25.0 Å². The first kappa shape index (κ1) is 42.1. The number of ether oxygens (including phenoxy) is 2. The molecular weight excluding hydrogens is 617 g/mol. The highest BCUT2D eigenvalue weighted by Crippen LogP contribution is 2.66. The standard InChI is InChI=1S/C15H36O5Si4.C13H20O2.C2H6O2/c1-11-15(16)17-13-12-14-24(18-21(2,3)4,19-22(5,6)7)20-23(8,9)10;1-5-11(14)15-10-8-9-6-7-13(10,4)12(9,2)3;3-1-2-4/h11H,1,12-14H2,2-10H3;5,9-10H,1,6-8H2,2-4H3;3-4H,1-2H2. The van der Waals surface area contributed by atoms with Crippen LogP contribution in [0.3, 0.4) is 0 Å². The van der Waals surface area contributed by atoms with Gasteiger partial charge in [0.15, 0.2) is 25.0 Å². The predicted molar refractivity (Wildman–Crippen MR) is 183 cm³/mol. The van der Waals surface area contributed by atoms with Crippen molar-refractivity contribution in [2.45, 2.75) is 118 Å². The van der Waals surface area contributed by atoms with Gasteiger partial charge in [-0.3, -0.25) is 0 Å². The van der Waals surface area contributed by atoms with E-state index in [1.807, 2.05) is 0 Å². The van der Waals surface area contributed by atoms with Gasteiger partial charge in [0.2, 0.25) is 0 Å². The van der Waals surface area contributed by atoms with Gasteiger partial charge in [-0.05, 0) is 95.9 Å². The summed E-state index contributed by atoms with van der Waals surface area (Å²) in [6.07, 6.45) is 6.71. The minimum Gasteiger partial charge on any atom is -0.463 e. The van der Waals surface area contributed by atoms with E-state index in [-0.39, 0.29) is 30.7 Å². The molecule has 2 rings (SSSR count). The summed E-state index contributed by atoms with van der Waals surface area (Å²) in [5.74, 6) is 0.0419. The molecule has 0 aromatic heterocycles. The zero-order valence-corrected chi connectivity index (χ0v) is 33.1. The molecular formula is C30H62O9Si4. The SMILES string of the molecule is C=CC(=O)OC1CC2CCC1(C)C2(C)C.C=CC(=O)OCCC[Si](O[Si](C)(C)C)(O[Si](C)(C)C)O[Si](C)(C)C.OCCO. The summed E-state index contributed by atoms with van der Waals surface area (Å²) in [6.45, 7) is 33.3. The van der Waals surface area contributed by atoms with Crippen LogP contribution in [-0.2, 0) is 31.4 Å². The van der Waals surface area contributed by atoms with Gasteiger partial charge in [0.1, 0.15) is 6.10 Å². The van der Waals surface area contributed by atoms with Gasteiger partial charge < -0.3 is 32.0 Å². The van der Waals surface area contributed by atoms with Gasteiger partial charge in [-0.2, -0.15) is 0 Å².